The molecule has 0 unspecified atom stereocenters. The Morgan fingerprint density at radius 2 is 1.87 bits per heavy atom. The first kappa shape index (κ1) is 10.4. The Bertz CT molecular complexity index is 336. The van der Waals surface area contributed by atoms with Gasteiger partial charge in [-0.05, 0) is 31.4 Å². The topological polar surface area (TPSA) is 32.3 Å². The number of hydrogen-bond acceptors (Lipinski definition) is 2. The minimum atomic E-state index is -0.617. The van der Waals surface area contributed by atoms with Crippen molar-refractivity contribution in [3.05, 3.63) is 29.8 Å². The maximum absolute atomic E-state index is 13.2. The zero-order valence-electron chi connectivity index (χ0n) is 8.21. The molecule has 1 aliphatic rings. The zero-order chi connectivity index (χ0) is 10.8. The van der Waals surface area contributed by atoms with Crippen molar-refractivity contribution in [3.63, 3.8) is 0 Å². The number of anilines is 1. The highest BCUT2D eigenvalue weighted by Crippen LogP contribution is 2.26. The Labute approximate surface area is 86.9 Å². The molecule has 2 nitrogen and oxygen atoms in total. The van der Waals surface area contributed by atoms with Crippen LogP contribution in [-0.4, -0.2) is 17.3 Å². The molecular formula is C11H13F2NO. The smallest absolute Gasteiger partial charge is 0.149 e. The van der Waals surface area contributed by atoms with Crippen LogP contribution in [0.3, 0.4) is 0 Å². The summed E-state index contributed by atoms with van der Waals surface area (Å²) in [6.45, 7) is 0. The normalized spacial score (nSPS) is 25.5. The maximum atomic E-state index is 13.2. The Kier molecular flexibility index (Phi) is 2.86. The van der Waals surface area contributed by atoms with Gasteiger partial charge in [-0.15, -0.1) is 0 Å². The molecule has 0 spiro atoms. The predicted molar refractivity (Wildman–Crippen MR) is 53.6 cm³/mol. The summed E-state index contributed by atoms with van der Waals surface area (Å²) in [6, 6.07) is 3.48. The van der Waals surface area contributed by atoms with Gasteiger partial charge in [0.05, 0.1) is 12.1 Å². The van der Waals surface area contributed by atoms with Crippen molar-refractivity contribution in [1.82, 2.24) is 0 Å². The minimum absolute atomic E-state index is 0.136. The Morgan fingerprint density at radius 3 is 2.40 bits per heavy atom. The zero-order valence-corrected chi connectivity index (χ0v) is 8.21. The number of hydrogen-bond donors (Lipinski definition) is 2. The van der Waals surface area contributed by atoms with Gasteiger partial charge in [0.15, 0.2) is 0 Å². The highest BCUT2D eigenvalue weighted by molar-refractivity contribution is 5.47. The first-order valence-corrected chi connectivity index (χ1v) is 5.07. The van der Waals surface area contributed by atoms with Crippen LogP contribution in [0.5, 0.6) is 0 Å². The fraction of sp³-hybridized carbons (Fsp3) is 0.455. The fourth-order valence-corrected chi connectivity index (χ4v) is 1.93. The molecule has 1 aromatic carbocycles. The van der Waals surface area contributed by atoms with E-state index in [1.54, 1.807) is 0 Å². The summed E-state index contributed by atoms with van der Waals surface area (Å²) < 4.78 is 26.5. The molecule has 0 amide bonds. The van der Waals surface area contributed by atoms with E-state index in [1.807, 2.05) is 0 Å². The van der Waals surface area contributed by atoms with E-state index in [4.69, 9.17) is 0 Å². The summed E-state index contributed by atoms with van der Waals surface area (Å²) in [5.41, 5.74) is -0.136. The number of rotatable bonds is 2. The van der Waals surface area contributed by atoms with Crippen molar-refractivity contribution in [1.29, 1.82) is 0 Å². The van der Waals surface area contributed by atoms with E-state index in [0.29, 0.717) is 6.42 Å². The number of halogens is 2. The van der Waals surface area contributed by atoms with Crippen LogP contribution < -0.4 is 5.32 Å². The lowest BCUT2D eigenvalue weighted by Gasteiger charge is -2.18. The molecule has 0 bridgehead atoms. The summed E-state index contributed by atoms with van der Waals surface area (Å²) >= 11 is 0. The molecule has 0 saturated heterocycles. The number of aliphatic hydroxyl groups excluding tert-OH is 1. The second-order valence-corrected chi connectivity index (χ2v) is 3.85. The van der Waals surface area contributed by atoms with Crippen LogP contribution in [0, 0.1) is 11.6 Å². The SMILES string of the molecule is O[C@H]1CCC[C@@H]1Nc1c(F)cccc1F. The van der Waals surface area contributed by atoms with Gasteiger partial charge in [0.1, 0.15) is 17.3 Å². The van der Waals surface area contributed by atoms with E-state index < -0.39 is 17.7 Å². The molecule has 4 heteroatoms. The lowest BCUT2D eigenvalue weighted by Crippen LogP contribution is -2.28. The van der Waals surface area contributed by atoms with Gasteiger partial charge < -0.3 is 10.4 Å². The molecule has 0 radical (unpaired) electrons. The van der Waals surface area contributed by atoms with Gasteiger partial charge in [0.2, 0.25) is 0 Å². The summed E-state index contributed by atoms with van der Waals surface area (Å²) in [5, 5.41) is 12.3. The van der Waals surface area contributed by atoms with Crippen molar-refractivity contribution in [2.75, 3.05) is 5.32 Å². The minimum Gasteiger partial charge on any atom is -0.391 e. The third-order valence-corrected chi connectivity index (χ3v) is 2.77. The van der Waals surface area contributed by atoms with Gasteiger partial charge >= 0.3 is 0 Å². The molecule has 2 rings (SSSR count). The average molecular weight is 213 g/mol. The standard InChI is InChI=1S/C11H13F2NO/c12-7-3-1-4-8(13)11(7)14-9-5-2-6-10(9)15/h1,3-4,9-10,14-15H,2,5-6H2/t9-,10-/m0/s1. The van der Waals surface area contributed by atoms with Gasteiger partial charge in [0.25, 0.3) is 0 Å². The van der Waals surface area contributed by atoms with E-state index in [2.05, 4.69) is 5.32 Å². The molecule has 0 aromatic heterocycles. The van der Waals surface area contributed by atoms with Gasteiger partial charge in [0, 0.05) is 0 Å². The maximum Gasteiger partial charge on any atom is 0.149 e. The van der Waals surface area contributed by atoms with Crippen LogP contribution in [0.1, 0.15) is 19.3 Å². The molecular weight excluding hydrogens is 200 g/mol. The van der Waals surface area contributed by atoms with Crippen LogP contribution in [0.2, 0.25) is 0 Å². The van der Waals surface area contributed by atoms with Crippen molar-refractivity contribution in [2.24, 2.45) is 0 Å². The third kappa shape index (κ3) is 2.09. The summed E-state index contributed by atoms with van der Waals surface area (Å²) in [6.07, 6.45) is 1.81. The van der Waals surface area contributed by atoms with Crippen molar-refractivity contribution < 1.29 is 13.9 Å². The second-order valence-electron chi connectivity index (χ2n) is 3.85. The quantitative estimate of drug-likeness (QED) is 0.790. The highest BCUT2D eigenvalue weighted by atomic mass is 19.1. The first-order chi connectivity index (χ1) is 7.18. The number of para-hydroxylation sites is 1. The van der Waals surface area contributed by atoms with Gasteiger partial charge in [-0.25, -0.2) is 8.78 Å². The molecule has 0 heterocycles. The average Bonchev–Trinajstić information content (AvgIpc) is 2.58. The predicted octanol–water partition coefficient (Wildman–Crippen LogP) is 2.29. The van der Waals surface area contributed by atoms with Gasteiger partial charge in [-0.3, -0.25) is 0 Å². The Balaban J connectivity index is 2.16. The van der Waals surface area contributed by atoms with E-state index in [-0.39, 0.29) is 11.7 Å². The monoisotopic (exact) mass is 213 g/mol. The lowest BCUT2D eigenvalue weighted by molar-refractivity contribution is 0.171. The highest BCUT2D eigenvalue weighted by Gasteiger charge is 2.26. The molecule has 2 atom stereocenters. The molecule has 15 heavy (non-hydrogen) atoms. The van der Waals surface area contributed by atoms with Gasteiger partial charge in [-0.2, -0.15) is 0 Å². The second kappa shape index (κ2) is 4.14. The van der Waals surface area contributed by atoms with Crippen LogP contribution >= 0.6 is 0 Å². The first-order valence-electron chi connectivity index (χ1n) is 5.07. The molecule has 0 aliphatic heterocycles. The Hall–Kier alpha value is -1.16. The number of benzene rings is 1. The van der Waals surface area contributed by atoms with E-state index in [1.165, 1.54) is 18.2 Å². The summed E-state index contributed by atoms with van der Waals surface area (Å²) in [7, 11) is 0. The van der Waals surface area contributed by atoms with Gasteiger partial charge in [-0.1, -0.05) is 6.07 Å². The molecule has 1 fully saturated rings. The van der Waals surface area contributed by atoms with Crippen LogP contribution in [-0.2, 0) is 0 Å². The third-order valence-electron chi connectivity index (χ3n) is 2.77. The van der Waals surface area contributed by atoms with E-state index in [0.717, 1.165) is 12.8 Å². The molecule has 2 N–H and O–H groups in total. The largest absolute Gasteiger partial charge is 0.391 e. The molecule has 82 valence electrons. The van der Waals surface area contributed by atoms with Crippen molar-refractivity contribution >= 4 is 5.69 Å². The van der Waals surface area contributed by atoms with E-state index in [9.17, 15) is 13.9 Å². The number of aliphatic hydroxyl groups is 1. The van der Waals surface area contributed by atoms with Crippen LogP contribution in [0.25, 0.3) is 0 Å². The summed E-state index contributed by atoms with van der Waals surface area (Å²) in [4.78, 5) is 0. The summed E-state index contributed by atoms with van der Waals surface area (Å²) in [5.74, 6) is -1.23. The number of nitrogens with one attached hydrogen (secondary N) is 1. The Morgan fingerprint density at radius 1 is 1.20 bits per heavy atom. The van der Waals surface area contributed by atoms with Crippen molar-refractivity contribution in [2.45, 2.75) is 31.4 Å². The van der Waals surface area contributed by atoms with Crippen molar-refractivity contribution in [3.8, 4) is 0 Å². The van der Waals surface area contributed by atoms with Crippen LogP contribution in [0.4, 0.5) is 14.5 Å². The lowest BCUT2D eigenvalue weighted by atomic mass is 10.2. The van der Waals surface area contributed by atoms with E-state index >= 15 is 0 Å². The molecule has 1 aliphatic carbocycles. The fourth-order valence-electron chi connectivity index (χ4n) is 1.93. The van der Waals surface area contributed by atoms with Crippen LogP contribution in [0.15, 0.2) is 18.2 Å². The molecule has 1 aromatic rings. The molecule has 1 saturated carbocycles.